The van der Waals surface area contributed by atoms with Crippen molar-refractivity contribution in [3.05, 3.63) is 0 Å². The number of hydrogen-bond donors (Lipinski definition) is 3. The van der Waals surface area contributed by atoms with Gasteiger partial charge in [0.05, 0.1) is 12.6 Å². The molecule has 0 bridgehead atoms. The Morgan fingerprint density at radius 1 is 1.50 bits per heavy atom. The third kappa shape index (κ3) is 3.55. The monoisotopic (exact) mass is 207 g/mol. The highest BCUT2D eigenvalue weighted by atomic mass is 19.3. The summed E-state index contributed by atoms with van der Waals surface area (Å²) in [6.45, 7) is 2.57. The van der Waals surface area contributed by atoms with Gasteiger partial charge in [0.2, 0.25) is 5.91 Å². The van der Waals surface area contributed by atoms with E-state index in [0.717, 1.165) is 0 Å². The molecule has 1 fully saturated rings. The highest BCUT2D eigenvalue weighted by molar-refractivity contribution is 5.82. The second-order valence-corrected chi connectivity index (χ2v) is 3.41. The van der Waals surface area contributed by atoms with Gasteiger partial charge in [-0.3, -0.25) is 4.79 Å². The molecule has 4 nitrogen and oxygen atoms in total. The maximum absolute atomic E-state index is 11.8. The van der Waals surface area contributed by atoms with Crippen molar-refractivity contribution in [3.63, 3.8) is 0 Å². The zero-order valence-electron chi connectivity index (χ0n) is 8.02. The number of rotatable bonds is 3. The Labute approximate surface area is 81.4 Å². The van der Waals surface area contributed by atoms with Crippen LogP contribution >= 0.6 is 0 Å². The van der Waals surface area contributed by atoms with Gasteiger partial charge in [-0.05, 0) is 6.92 Å². The summed E-state index contributed by atoms with van der Waals surface area (Å²) in [7, 11) is 0. The number of piperazine rings is 1. The molecule has 82 valence electrons. The Bertz CT molecular complexity index is 193. The molecule has 0 aromatic carbocycles. The third-order valence-corrected chi connectivity index (χ3v) is 2.09. The van der Waals surface area contributed by atoms with Crippen LogP contribution in [0.1, 0.15) is 6.92 Å². The van der Waals surface area contributed by atoms with Crippen molar-refractivity contribution in [1.29, 1.82) is 0 Å². The summed E-state index contributed by atoms with van der Waals surface area (Å²) < 4.78 is 23.5. The number of nitrogens with one attached hydrogen (secondary N) is 3. The van der Waals surface area contributed by atoms with Crippen LogP contribution in [0.4, 0.5) is 8.78 Å². The van der Waals surface area contributed by atoms with E-state index in [1.54, 1.807) is 0 Å². The quantitative estimate of drug-likeness (QED) is 0.574. The van der Waals surface area contributed by atoms with Crippen LogP contribution in [-0.4, -0.2) is 44.1 Å². The second-order valence-electron chi connectivity index (χ2n) is 3.41. The summed E-state index contributed by atoms with van der Waals surface area (Å²) in [6.07, 6.45) is -2.49. The number of hydrogen-bond acceptors (Lipinski definition) is 3. The maximum atomic E-state index is 11.8. The second kappa shape index (κ2) is 5.21. The number of carbonyl (C=O) groups is 1. The normalized spacial score (nSPS) is 27.7. The van der Waals surface area contributed by atoms with Crippen molar-refractivity contribution in [2.24, 2.45) is 0 Å². The minimum Gasteiger partial charge on any atom is -0.349 e. The fourth-order valence-electron chi connectivity index (χ4n) is 1.27. The largest absolute Gasteiger partial charge is 0.349 e. The van der Waals surface area contributed by atoms with E-state index in [1.807, 2.05) is 6.92 Å². The van der Waals surface area contributed by atoms with Crippen LogP contribution in [0.5, 0.6) is 0 Å². The van der Waals surface area contributed by atoms with Crippen LogP contribution < -0.4 is 16.0 Å². The number of halogens is 2. The molecular formula is C8H15F2N3O. The predicted octanol–water partition coefficient (Wildman–Crippen LogP) is -0.682. The summed E-state index contributed by atoms with van der Waals surface area (Å²) in [5.74, 6) is -0.371. The van der Waals surface area contributed by atoms with Crippen LogP contribution in [0, 0.1) is 0 Å². The van der Waals surface area contributed by atoms with E-state index >= 15 is 0 Å². The van der Waals surface area contributed by atoms with Crippen molar-refractivity contribution in [2.45, 2.75) is 25.4 Å². The highest BCUT2D eigenvalue weighted by Gasteiger charge is 2.23. The maximum Gasteiger partial charge on any atom is 0.255 e. The first-order valence-electron chi connectivity index (χ1n) is 4.62. The molecule has 0 aromatic rings. The molecule has 1 heterocycles. The zero-order valence-corrected chi connectivity index (χ0v) is 8.02. The van der Waals surface area contributed by atoms with Gasteiger partial charge in [0.25, 0.3) is 6.43 Å². The lowest BCUT2D eigenvalue weighted by molar-refractivity contribution is -0.124. The van der Waals surface area contributed by atoms with Crippen molar-refractivity contribution in [3.8, 4) is 0 Å². The van der Waals surface area contributed by atoms with Crippen LogP contribution in [0.2, 0.25) is 0 Å². The van der Waals surface area contributed by atoms with Crippen molar-refractivity contribution in [1.82, 2.24) is 16.0 Å². The van der Waals surface area contributed by atoms with Gasteiger partial charge in [-0.1, -0.05) is 0 Å². The summed E-state index contributed by atoms with van der Waals surface area (Å²) in [6, 6.07) is -0.0842. The molecule has 1 rings (SSSR count). The van der Waals surface area contributed by atoms with E-state index < -0.39 is 19.0 Å². The fourth-order valence-corrected chi connectivity index (χ4v) is 1.27. The van der Waals surface area contributed by atoms with Crippen LogP contribution in [0.25, 0.3) is 0 Å². The topological polar surface area (TPSA) is 53.2 Å². The molecule has 1 aliphatic rings. The van der Waals surface area contributed by atoms with E-state index in [4.69, 9.17) is 0 Å². The van der Waals surface area contributed by atoms with E-state index in [2.05, 4.69) is 16.0 Å². The van der Waals surface area contributed by atoms with Gasteiger partial charge in [0.15, 0.2) is 0 Å². The van der Waals surface area contributed by atoms with Crippen LogP contribution in [0.3, 0.4) is 0 Å². The van der Waals surface area contributed by atoms with Gasteiger partial charge in [-0.15, -0.1) is 0 Å². The zero-order chi connectivity index (χ0) is 10.6. The van der Waals surface area contributed by atoms with Gasteiger partial charge in [-0.2, -0.15) is 0 Å². The van der Waals surface area contributed by atoms with Crippen LogP contribution in [-0.2, 0) is 4.79 Å². The standard InChI is InChI=1S/C8H15F2N3O/c1-5-2-12-6(3-11-5)8(14)13-4-7(9)10/h5-7,11-12H,2-4H2,1H3,(H,13,14). The van der Waals surface area contributed by atoms with Gasteiger partial charge in [-0.25, -0.2) is 8.78 Å². The third-order valence-electron chi connectivity index (χ3n) is 2.09. The lowest BCUT2D eigenvalue weighted by atomic mass is 10.1. The smallest absolute Gasteiger partial charge is 0.255 e. The molecular weight excluding hydrogens is 192 g/mol. The Hall–Kier alpha value is -0.750. The number of amides is 1. The highest BCUT2D eigenvalue weighted by Crippen LogP contribution is 1.94. The van der Waals surface area contributed by atoms with E-state index in [9.17, 15) is 13.6 Å². The first-order valence-corrected chi connectivity index (χ1v) is 4.62. The van der Waals surface area contributed by atoms with E-state index in [0.29, 0.717) is 19.1 Å². The van der Waals surface area contributed by atoms with Gasteiger partial charge in [0, 0.05) is 19.1 Å². The molecule has 3 N–H and O–H groups in total. The molecule has 0 radical (unpaired) electrons. The minimum atomic E-state index is -2.49. The lowest BCUT2D eigenvalue weighted by Crippen LogP contribution is -2.59. The molecule has 0 aromatic heterocycles. The van der Waals surface area contributed by atoms with Crippen molar-refractivity contribution >= 4 is 5.91 Å². The van der Waals surface area contributed by atoms with Gasteiger partial charge in [0.1, 0.15) is 0 Å². The average Bonchev–Trinajstić information content (AvgIpc) is 2.15. The molecule has 1 amide bonds. The molecule has 14 heavy (non-hydrogen) atoms. The molecule has 1 aliphatic heterocycles. The lowest BCUT2D eigenvalue weighted by Gasteiger charge is -2.28. The van der Waals surface area contributed by atoms with E-state index in [1.165, 1.54) is 0 Å². The van der Waals surface area contributed by atoms with Gasteiger partial charge >= 0.3 is 0 Å². The Morgan fingerprint density at radius 2 is 2.21 bits per heavy atom. The summed E-state index contributed by atoms with van der Waals surface area (Å²) in [4.78, 5) is 11.3. The molecule has 0 aliphatic carbocycles. The summed E-state index contributed by atoms with van der Waals surface area (Å²) in [5.41, 5.74) is 0. The fraction of sp³-hybridized carbons (Fsp3) is 0.875. The summed E-state index contributed by atoms with van der Waals surface area (Å²) >= 11 is 0. The molecule has 1 saturated heterocycles. The first kappa shape index (κ1) is 11.3. The average molecular weight is 207 g/mol. The predicted molar refractivity (Wildman–Crippen MR) is 48.3 cm³/mol. The molecule has 0 spiro atoms. The Morgan fingerprint density at radius 3 is 2.71 bits per heavy atom. The molecule has 0 saturated carbocycles. The molecule has 2 unspecified atom stereocenters. The molecule has 6 heteroatoms. The SMILES string of the molecule is CC1CNC(C(=O)NCC(F)F)CN1. The van der Waals surface area contributed by atoms with Crippen molar-refractivity contribution < 1.29 is 13.6 Å². The first-order chi connectivity index (χ1) is 6.59. The minimum absolute atomic E-state index is 0.314. The Balaban J connectivity index is 2.24. The van der Waals surface area contributed by atoms with Crippen LogP contribution in [0.15, 0.2) is 0 Å². The Kier molecular flexibility index (Phi) is 4.21. The van der Waals surface area contributed by atoms with Gasteiger partial charge < -0.3 is 16.0 Å². The number of carbonyl (C=O) groups excluding carboxylic acids is 1. The number of alkyl halides is 2. The van der Waals surface area contributed by atoms with E-state index in [-0.39, 0.29) is 5.91 Å². The molecule has 2 atom stereocenters. The van der Waals surface area contributed by atoms with Crippen molar-refractivity contribution in [2.75, 3.05) is 19.6 Å². The summed E-state index contributed by atoms with van der Waals surface area (Å²) in [5, 5.41) is 8.24.